The molecule has 15 heteroatoms. The van der Waals surface area contributed by atoms with Gasteiger partial charge in [-0.1, -0.05) is 28.7 Å². The van der Waals surface area contributed by atoms with Crippen molar-refractivity contribution >= 4 is 47.2 Å². The molecule has 2 unspecified atom stereocenters. The van der Waals surface area contributed by atoms with Gasteiger partial charge in [-0.3, -0.25) is 14.4 Å². The lowest BCUT2D eigenvalue weighted by Crippen LogP contribution is -2.26. The van der Waals surface area contributed by atoms with Crippen molar-refractivity contribution in [3.63, 3.8) is 0 Å². The van der Waals surface area contributed by atoms with E-state index in [9.17, 15) is 4.79 Å². The number of aromatic nitrogens is 4. The number of benzene rings is 1. The summed E-state index contributed by atoms with van der Waals surface area (Å²) in [6, 6.07) is 8.01. The highest BCUT2D eigenvalue weighted by Gasteiger charge is 2.33. The number of oxime groups is 1. The van der Waals surface area contributed by atoms with Crippen molar-refractivity contribution in [2.45, 2.75) is 25.4 Å². The lowest BCUT2D eigenvalue weighted by atomic mass is 10.0. The van der Waals surface area contributed by atoms with Gasteiger partial charge >= 0.3 is 6.09 Å². The summed E-state index contributed by atoms with van der Waals surface area (Å²) >= 11 is 9.28. The van der Waals surface area contributed by atoms with Gasteiger partial charge in [0.2, 0.25) is 12.0 Å². The summed E-state index contributed by atoms with van der Waals surface area (Å²) in [4.78, 5) is 23.4. The van der Waals surface area contributed by atoms with E-state index in [1.807, 2.05) is 0 Å². The van der Waals surface area contributed by atoms with Gasteiger partial charge in [0.05, 0.1) is 37.1 Å². The van der Waals surface area contributed by atoms with Gasteiger partial charge in [0.15, 0.2) is 0 Å². The molecule has 0 radical (unpaired) electrons. The van der Waals surface area contributed by atoms with Gasteiger partial charge in [0, 0.05) is 30.6 Å². The number of carbonyl (C=O) groups is 1. The number of hydrogen-bond acceptors (Lipinski definition) is 10. The Morgan fingerprint density at radius 1 is 1.33 bits per heavy atom. The molecule has 0 N–H and O–H groups in total. The molecule has 36 heavy (non-hydrogen) atoms. The van der Waals surface area contributed by atoms with E-state index >= 15 is 4.39 Å². The molecule has 0 saturated carbocycles. The minimum Gasteiger partial charge on any atom is -0.442 e. The van der Waals surface area contributed by atoms with Crippen LogP contribution in [0, 0.1) is 5.82 Å². The van der Waals surface area contributed by atoms with Gasteiger partial charge in [0.25, 0.3) is 0 Å². The van der Waals surface area contributed by atoms with Crippen LogP contribution in [0.2, 0.25) is 0 Å². The number of cyclic esters (lactones) is 1. The summed E-state index contributed by atoms with van der Waals surface area (Å²) in [5.41, 5.74) is -0.272. The number of nitrogens with zero attached hydrogens (tertiary/aromatic N) is 6. The number of anilines is 1. The Balaban J connectivity index is 1.25. The first kappa shape index (κ1) is 24.8. The van der Waals surface area contributed by atoms with Crippen molar-refractivity contribution in [2.75, 3.05) is 18.6 Å². The van der Waals surface area contributed by atoms with Gasteiger partial charge < -0.3 is 14.1 Å². The van der Waals surface area contributed by atoms with Crippen molar-refractivity contribution < 1.29 is 27.8 Å². The predicted octanol–water partition coefficient (Wildman–Crippen LogP) is 3.77. The molecule has 4 heterocycles. The van der Waals surface area contributed by atoms with Crippen molar-refractivity contribution in [2.24, 2.45) is 5.16 Å². The number of thiol groups is 1. The third kappa shape index (κ3) is 5.42. The minimum absolute atomic E-state index is 0.273. The SMILES string of the molecule is COP(=S)(S)OC1CC(c2ccc(-c3ccc(N4C[C@H](Cn5ccnn5)OC4=O)cc3F)cn2)=NO1. The van der Waals surface area contributed by atoms with Crippen LogP contribution in [0.25, 0.3) is 11.1 Å². The van der Waals surface area contributed by atoms with E-state index < -0.39 is 30.0 Å². The van der Waals surface area contributed by atoms with Gasteiger partial charge in [-0.25, -0.2) is 13.9 Å². The van der Waals surface area contributed by atoms with Crippen LogP contribution in [0.4, 0.5) is 14.9 Å². The topological polar surface area (TPSA) is 113 Å². The molecule has 2 aliphatic rings. The molecule has 2 aliphatic heterocycles. The van der Waals surface area contributed by atoms with Crippen LogP contribution in [0.5, 0.6) is 0 Å². The summed E-state index contributed by atoms with van der Waals surface area (Å²) in [5, 5.41) is 11.6. The minimum atomic E-state index is -2.70. The molecular weight excluding hydrogens is 530 g/mol. The maximum Gasteiger partial charge on any atom is 0.414 e. The zero-order valence-corrected chi connectivity index (χ0v) is 21.4. The van der Waals surface area contributed by atoms with E-state index in [1.54, 1.807) is 47.5 Å². The Morgan fingerprint density at radius 3 is 2.89 bits per heavy atom. The van der Waals surface area contributed by atoms with E-state index in [4.69, 9.17) is 30.4 Å². The number of hydrogen-bond donors (Lipinski definition) is 1. The van der Waals surface area contributed by atoms with E-state index in [1.165, 1.54) is 18.1 Å². The number of ether oxygens (including phenoxy) is 1. The Hall–Kier alpha value is -2.90. The Morgan fingerprint density at radius 2 is 2.19 bits per heavy atom. The first-order valence-electron chi connectivity index (χ1n) is 10.7. The van der Waals surface area contributed by atoms with Gasteiger partial charge in [-0.2, -0.15) is 0 Å². The largest absolute Gasteiger partial charge is 0.442 e. The zero-order valence-electron chi connectivity index (χ0n) is 18.8. The highest BCUT2D eigenvalue weighted by atomic mass is 32.9. The normalized spacial score (nSPS) is 21.1. The van der Waals surface area contributed by atoms with Crippen molar-refractivity contribution in [3.05, 3.63) is 60.4 Å². The van der Waals surface area contributed by atoms with E-state index in [0.29, 0.717) is 41.2 Å². The van der Waals surface area contributed by atoms with Crippen LogP contribution in [-0.4, -0.2) is 57.8 Å². The highest BCUT2D eigenvalue weighted by molar-refractivity contribution is 8.60. The highest BCUT2D eigenvalue weighted by Crippen LogP contribution is 2.54. The van der Waals surface area contributed by atoms with Crippen LogP contribution in [0.1, 0.15) is 12.1 Å². The molecule has 11 nitrogen and oxygen atoms in total. The molecule has 2 aromatic heterocycles. The van der Waals surface area contributed by atoms with Crippen LogP contribution in [-0.2, 0) is 37.0 Å². The Kier molecular flexibility index (Phi) is 7.04. The molecule has 0 bridgehead atoms. The third-order valence-electron chi connectivity index (χ3n) is 5.49. The van der Waals surface area contributed by atoms with Crippen LogP contribution in [0.15, 0.2) is 54.1 Å². The van der Waals surface area contributed by atoms with Crippen LogP contribution in [0.3, 0.4) is 0 Å². The van der Waals surface area contributed by atoms with Gasteiger partial charge in [-0.05, 0) is 36.1 Å². The quantitative estimate of drug-likeness (QED) is 0.331. The van der Waals surface area contributed by atoms with E-state index in [-0.39, 0.29) is 6.54 Å². The van der Waals surface area contributed by atoms with E-state index in [2.05, 4.69) is 32.7 Å². The number of rotatable bonds is 8. The Labute approximate surface area is 215 Å². The first-order chi connectivity index (χ1) is 17.3. The molecule has 1 saturated heterocycles. The summed E-state index contributed by atoms with van der Waals surface area (Å²) < 4.78 is 32.6. The average molecular weight is 551 g/mol. The monoisotopic (exact) mass is 550 g/mol. The predicted molar refractivity (Wildman–Crippen MR) is 135 cm³/mol. The molecular formula is C21H20FN6O5PS2. The van der Waals surface area contributed by atoms with Crippen molar-refractivity contribution in [1.29, 1.82) is 0 Å². The molecule has 1 fully saturated rings. The first-order valence-corrected chi connectivity index (χ1v) is 14.5. The molecule has 3 aromatic rings. The molecule has 3 atom stereocenters. The fraction of sp³-hybridized carbons (Fsp3) is 0.286. The molecule has 0 aliphatic carbocycles. The summed E-state index contributed by atoms with van der Waals surface area (Å²) in [5.74, 6) is -0.497. The number of carbonyl (C=O) groups excluding carboxylic acids is 1. The molecule has 5 rings (SSSR count). The van der Waals surface area contributed by atoms with Crippen LogP contribution >= 0.6 is 17.9 Å². The average Bonchev–Trinajstić information content (AvgIpc) is 3.61. The van der Waals surface area contributed by atoms with Crippen molar-refractivity contribution in [3.8, 4) is 11.1 Å². The third-order valence-corrected chi connectivity index (χ3v) is 7.93. The number of pyridine rings is 1. The standard InChI is InChI=1S/C21H20FN6O5PS2/c1-30-34(35,36)33-20-9-19(25-32-20)18-5-2-13(10-23-18)16-4-3-14(8-17(16)22)28-12-15(31-21(28)29)11-27-7-6-24-26-27/h2-8,10,15,20H,9,11-12H2,1H3,(H,35,36)/t15-,20?/m0/s1. The molecule has 188 valence electrons. The lowest BCUT2D eigenvalue weighted by Gasteiger charge is -2.17. The maximum atomic E-state index is 15.0. The van der Waals surface area contributed by atoms with E-state index in [0.717, 1.165) is 0 Å². The second-order valence-corrected chi connectivity index (χ2v) is 13.2. The van der Waals surface area contributed by atoms with Crippen molar-refractivity contribution in [1.82, 2.24) is 20.0 Å². The maximum absolute atomic E-state index is 15.0. The second-order valence-electron chi connectivity index (χ2n) is 7.87. The number of halogens is 1. The lowest BCUT2D eigenvalue weighted by molar-refractivity contribution is -0.0551. The van der Waals surface area contributed by atoms with Crippen LogP contribution < -0.4 is 4.90 Å². The zero-order chi connectivity index (χ0) is 25.3. The summed E-state index contributed by atoms with van der Waals surface area (Å²) in [6.07, 6.45) is 3.42. The summed E-state index contributed by atoms with van der Waals surface area (Å²) in [6.45, 7) is 0.634. The Bertz CT molecular complexity index is 1340. The fourth-order valence-electron chi connectivity index (χ4n) is 3.75. The molecule has 1 aromatic carbocycles. The number of amides is 1. The molecule has 0 spiro atoms. The van der Waals surface area contributed by atoms with Gasteiger partial charge in [0.1, 0.15) is 17.6 Å². The summed E-state index contributed by atoms with van der Waals surface area (Å²) in [7, 11) is 1.42. The smallest absolute Gasteiger partial charge is 0.414 e. The second kappa shape index (κ2) is 10.2. The molecule has 1 amide bonds. The van der Waals surface area contributed by atoms with Gasteiger partial charge in [-0.15, -0.1) is 5.10 Å². The fourth-order valence-corrected chi connectivity index (χ4v) is 4.85.